The Morgan fingerprint density at radius 1 is 1.06 bits per heavy atom. The number of hydrogen-bond acceptors (Lipinski definition) is 2. The maximum Gasteiger partial charge on any atom is 0.0591 e. The Morgan fingerprint density at radius 2 is 1.83 bits per heavy atom. The second-order valence-corrected chi connectivity index (χ2v) is 4.37. The second-order valence-electron chi connectivity index (χ2n) is 4.37. The Kier molecular flexibility index (Phi) is 4.48. The summed E-state index contributed by atoms with van der Waals surface area (Å²) >= 11 is 0. The van der Waals surface area contributed by atoms with E-state index in [1.165, 1.54) is 16.7 Å². The third-order valence-electron chi connectivity index (χ3n) is 3.15. The molecule has 0 bridgehead atoms. The molecule has 1 N–H and O–H groups in total. The van der Waals surface area contributed by atoms with E-state index in [-0.39, 0.29) is 6.04 Å². The number of pyridine rings is 1. The Labute approximate surface area is 109 Å². The quantitative estimate of drug-likeness (QED) is 0.867. The van der Waals surface area contributed by atoms with Gasteiger partial charge in [0, 0.05) is 12.4 Å². The van der Waals surface area contributed by atoms with Crippen molar-refractivity contribution in [3.05, 3.63) is 65.5 Å². The Bertz CT molecular complexity index is 462. The van der Waals surface area contributed by atoms with Crippen LogP contribution in [0.3, 0.4) is 0 Å². The molecule has 0 saturated heterocycles. The highest BCUT2D eigenvalue weighted by Gasteiger charge is 2.12. The maximum atomic E-state index is 4.21. The number of aryl methyl sites for hydroxylation is 1. The van der Waals surface area contributed by atoms with Gasteiger partial charge in [-0.2, -0.15) is 0 Å². The fourth-order valence-electron chi connectivity index (χ4n) is 2.12. The van der Waals surface area contributed by atoms with E-state index in [1.807, 2.05) is 18.5 Å². The van der Waals surface area contributed by atoms with Crippen LogP contribution in [0.1, 0.15) is 36.6 Å². The zero-order valence-electron chi connectivity index (χ0n) is 11.1. The first-order chi connectivity index (χ1) is 8.85. The lowest BCUT2D eigenvalue weighted by molar-refractivity contribution is 0.628. The third kappa shape index (κ3) is 2.96. The lowest BCUT2D eigenvalue weighted by atomic mass is 9.98. The molecule has 1 heterocycles. The molecule has 2 nitrogen and oxygen atoms in total. The summed E-state index contributed by atoms with van der Waals surface area (Å²) in [5, 5.41) is 3.51. The molecular formula is C16H20N2. The van der Waals surface area contributed by atoms with Gasteiger partial charge in [0.1, 0.15) is 0 Å². The van der Waals surface area contributed by atoms with Crippen LogP contribution in [0.5, 0.6) is 0 Å². The fraction of sp³-hybridized carbons (Fsp3) is 0.312. The van der Waals surface area contributed by atoms with Crippen LogP contribution in [0.25, 0.3) is 0 Å². The lowest BCUT2D eigenvalue weighted by Gasteiger charge is -2.18. The predicted molar refractivity (Wildman–Crippen MR) is 75.6 cm³/mol. The van der Waals surface area contributed by atoms with Crippen LogP contribution in [-0.4, -0.2) is 11.5 Å². The number of aromatic nitrogens is 1. The number of benzene rings is 1. The van der Waals surface area contributed by atoms with E-state index in [0.29, 0.717) is 0 Å². The third-order valence-corrected chi connectivity index (χ3v) is 3.15. The van der Waals surface area contributed by atoms with Gasteiger partial charge < -0.3 is 5.32 Å². The summed E-state index contributed by atoms with van der Waals surface area (Å²) in [5.74, 6) is 0. The molecule has 0 fully saturated rings. The first-order valence-corrected chi connectivity index (χ1v) is 6.57. The normalized spacial score (nSPS) is 12.3. The minimum atomic E-state index is 0.231. The minimum Gasteiger partial charge on any atom is -0.306 e. The lowest BCUT2D eigenvalue weighted by Crippen LogP contribution is -2.22. The molecule has 18 heavy (non-hydrogen) atoms. The van der Waals surface area contributed by atoms with Crippen LogP contribution >= 0.6 is 0 Å². The maximum absolute atomic E-state index is 4.21. The van der Waals surface area contributed by atoms with Crippen LogP contribution in [0.15, 0.2) is 48.8 Å². The van der Waals surface area contributed by atoms with E-state index in [1.54, 1.807) is 0 Å². The smallest absolute Gasteiger partial charge is 0.0591 e. The van der Waals surface area contributed by atoms with Crippen LogP contribution in [0.2, 0.25) is 0 Å². The number of rotatable bonds is 5. The van der Waals surface area contributed by atoms with Crippen LogP contribution in [-0.2, 0) is 6.42 Å². The summed E-state index contributed by atoms with van der Waals surface area (Å²) in [6, 6.07) is 13.2. The van der Waals surface area contributed by atoms with E-state index in [0.717, 1.165) is 13.0 Å². The van der Waals surface area contributed by atoms with Crippen molar-refractivity contribution in [2.45, 2.75) is 26.3 Å². The highest BCUT2D eigenvalue weighted by atomic mass is 14.9. The van der Waals surface area contributed by atoms with Gasteiger partial charge >= 0.3 is 0 Å². The summed E-state index contributed by atoms with van der Waals surface area (Å²) < 4.78 is 0. The topological polar surface area (TPSA) is 24.9 Å². The summed E-state index contributed by atoms with van der Waals surface area (Å²) in [6.45, 7) is 5.25. The molecule has 0 amide bonds. The van der Waals surface area contributed by atoms with Crippen LogP contribution in [0, 0.1) is 0 Å². The molecule has 2 heteroatoms. The largest absolute Gasteiger partial charge is 0.306 e. The SMILES string of the molecule is CCN[C@H](c1ccc(CC)cc1)c1cccnc1. The van der Waals surface area contributed by atoms with Gasteiger partial charge in [0.25, 0.3) is 0 Å². The molecule has 1 atom stereocenters. The van der Waals surface area contributed by atoms with Crippen molar-refractivity contribution in [1.82, 2.24) is 10.3 Å². The van der Waals surface area contributed by atoms with Crippen molar-refractivity contribution in [2.75, 3.05) is 6.54 Å². The van der Waals surface area contributed by atoms with Crippen molar-refractivity contribution < 1.29 is 0 Å². The molecule has 0 unspecified atom stereocenters. The van der Waals surface area contributed by atoms with Gasteiger partial charge in [-0.3, -0.25) is 4.98 Å². The average Bonchev–Trinajstić information content (AvgIpc) is 2.46. The molecule has 0 aliphatic rings. The van der Waals surface area contributed by atoms with E-state index in [2.05, 4.69) is 54.5 Å². The molecule has 94 valence electrons. The summed E-state index contributed by atoms with van der Waals surface area (Å²) in [6.07, 6.45) is 4.83. The summed E-state index contributed by atoms with van der Waals surface area (Å²) in [7, 11) is 0. The highest BCUT2D eigenvalue weighted by molar-refractivity contribution is 5.32. The van der Waals surface area contributed by atoms with Crippen molar-refractivity contribution in [2.24, 2.45) is 0 Å². The van der Waals surface area contributed by atoms with E-state index in [4.69, 9.17) is 0 Å². The molecular weight excluding hydrogens is 220 g/mol. The van der Waals surface area contributed by atoms with Gasteiger partial charge in [0.05, 0.1) is 6.04 Å². The average molecular weight is 240 g/mol. The molecule has 0 aliphatic heterocycles. The zero-order valence-corrected chi connectivity index (χ0v) is 11.1. The summed E-state index contributed by atoms with van der Waals surface area (Å²) in [4.78, 5) is 4.21. The van der Waals surface area contributed by atoms with Crippen molar-refractivity contribution >= 4 is 0 Å². The van der Waals surface area contributed by atoms with Gasteiger partial charge in [-0.15, -0.1) is 0 Å². The number of nitrogens with zero attached hydrogens (tertiary/aromatic N) is 1. The molecule has 0 radical (unpaired) electrons. The van der Waals surface area contributed by atoms with E-state index >= 15 is 0 Å². The second kappa shape index (κ2) is 6.31. The van der Waals surface area contributed by atoms with Gasteiger partial charge in [-0.05, 0) is 35.7 Å². The predicted octanol–water partition coefficient (Wildman–Crippen LogP) is 3.34. The van der Waals surface area contributed by atoms with Crippen LogP contribution in [0.4, 0.5) is 0 Å². The van der Waals surface area contributed by atoms with Gasteiger partial charge in [0.2, 0.25) is 0 Å². The van der Waals surface area contributed by atoms with E-state index < -0.39 is 0 Å². The first kappa shape index (κ1) is 12.8. The molecule has 1 aromatic heterocycles. The molecule has 0 aliphatic carbocycles. The van der Waals surface area contributed by atoms with Crippen molar-refractivity contribution in [3.8, 4) is 0 Å². The molecule has 0 spiro atoms. The standard InChI is InChI=1S/C16H20N2/c1-3-13-7-9-14(10-8-13)16(18-4-2)15-6-5-11-17-12-15/h5-12,16,18H,3-4H2,1-2H3/t16-/m1/s1. The van der Waals surface area contributed by atoms with Gasteiger partial charge in [-0.1, -0.05) is 44.2 Å². The molecule has 2 rings (SSSR count). The molecule has 2 aromatic rings. The van der Waals surface area contributed by atoms with Gasteiger partial charge in [-0.25, -0.2) is 0 Å². The van der Waals surface area contributed by atoms with Gasteiger partial charge in [0.15, 0.2) is 0 Å². The minimum absolute atomic E-state index is 0.231. The first-order valence-electron chi connectivity index (χ1n) is 6.57. The number of nitrogens with one attached hydrogen (secondary N) is 1. The number of hydrogen-bond donors (Lipinski definition) is 1. The molecule has 0 saturated carbocycles. The van der Waals surface area contributed by atoms with Crippen LogP contribution < -0.4 is 5.32 Å². The Morgan fingerprint density at radius 3 is 2.39 bits per heavy atom. The van der Waals surface area contributed by atoms with Crippen molar-refractivity contribution in [3.63, 3.8) is 0 Å². The Balaban J connectivity index is 2.29. The highest BCUT2D eigenvalue weighted by Crippen LogP contribution is 2.21. The monoisotopic (exact) mass is 240 g/mol. The zero-order chi connectivity index (χ0) is 12.8. The summed E-state index contributed by atoms with van der Waals surface area (Å²) in [5.41, 5.74) is 3.88. The van der Waals surface area contributed by atoms with Crippen molar-refractivity contribution in [1.29, 1.82) is 0 Å². The molecule has 1 aromatic carbocycles. The van der Waals surface area contributed by atoms with E-state index in [9.17, 15) is 0 Å². The Hall–Kier alpha value is -1.67. The fourth-order valence-corrected chi connectivity index (χ4v) is 2.12.